The molecule has 4 heteroatoms. The minimum Gasteiger partial charge on any atom is -0.469 e. The highest BCUT2D eigenvalue weighted by Crippen LogP contribution is 2.09. The molecule has 94 valence electrons. The van der Waals surface area contributed by atoms with E-state index in [4.69, 9.17) is 4.42 Å². The van der Waals surface area contributed by atoms with Gasteiger partial charge in [-0.15, -0.1) is 12.6 Å². The molecular weight excluding hydrogens is 246 g/mol. The minimum absolute atomic E-state index is 0.0206. The first kappa shape index (κ1) is 12.8. The lowest BCUT2D eigenvalue weighted by Gasteiger charge is -2.12. The van der Waals surface area contributed by atoms with Crippen molar-refractivity contribution in [2.45, 2.75) is 24.3 Å². The van der Waals surface area contributed by atoms with Crippen molar-refractivity contribution >= 4 is 18.5 Å². The van der Waals surface area contributed by atoms with E-state index in [-0.39, 0.29) is 11.9 Å². The van der Waals surface area contributed by atoms with E-state index in [1.54, 1.807) is 18.4 Å². The van der Waals surface area contributed by atoms with Gasteiger partial charge in [-0.2, -0.15) is 0 Å². The Morgan fingerprint density at radius 2 is 2.22 bits per heavy atom. The van der Waals surface area contributed by atoms with Crippen LogP contribution in [0.25, 0.3) is 0 Å². The lowest BCUT2D eigenvalue weighted by Crippen LogP contribution is -2.33. The van der Waals surface area contributed by atoms with Gasteiger partial charge in [-0.1, -0.05) is 6.07 Å². The Morgan fingerprint density at radius 3 is 2.89 bits per heavy atom. The molecule has 1 unspecified atom stereocenters. The van der Waals surface area contributed by atoms with Crippen LogP contribution in [0.15, 0.2) is 52.0 Å². The van der Waals surface area contributed by atoms with E-state index in [0.29, 0.717) is 12.0 Å². The Balaban J connectivity index is 1.95. The largest absolute Gasteiger partial charge is 0.469 e. The molecule has 1 heterocycles. The lowest BCUT2D eigenvalue weighted by atomic mass is 10.1. The fourth-order valence-corrected chi connectivity index (χ4v) is 1.96. The molecule has 0 saturated heterocycles. The molecule has 2 rings (SSSR count). The van der Waals surface area contributed by atoms with E-state index < -0.39 is 0 Å². The highest BCUT2D eigenvalue weighted by molar-refractivity contribution is 7.80. The minimum atomic E-state index is -0.0926. The first-order valence-corrected chi connectivity index (χ1v) is 6.22. The molecule has 3 nitrogen and oxygen atoms in total. The summed E-state index contributed by atoms with van der Waals surface area (Å²) in [5, 5.41) is 2.93. The van der Waals surface area contributed by atoms with Gasteiger partial charge in [0.05, 0.1) is 6.26 Å². The number of thiol groups is 1. The van der Waals surface area contributed by atoms with Crippen LogP contribution in [0.3, 0.4) is 0 Å². The van der Waals surface area contributed by atoms with Gasteiger partial charge in [0.15, 0.2) is 0 Å². The SMILES string of the molecule is CC(Cc1ccco1)NC(=O)c1cccc(S)c1. The third-order valence-electron chi connectivity index (χ3n) is 2.57. The highest BCUT2D eigenvalue weighted by Gasteiger charge is 2.11. The number of amides is 1. The Bertz CT molecular complexity index is 522. The molecule has 0 aliphatic carbocycles. The van der Waals surface area contributed by atoms with Crippen molar-refractivity contribution in [2.75, 3.05) is 0 Å². The van der Waals surface area contributed by atoms with Crippen LogP contribution in [0.1, 0.15) is 23.0 Å². The fraction of sp³-hybridized carbons (Fsp3) is 0.214. The molecule has 1 amide bonds. The summed E-state index contributed by atoms with van der Waals surface area (Å²) in [5.41, 5.74) is 0.619. The summed E-state index contributed by atoms with van der Waals surface area (Å²) in [5.74, 6) is 0.774. The standard InChI is InChI=1S/C14H15NO2S/c1-10(8-12-5-3-7-17-12)15-14(16)11-4-2-6-13(18)9-11/h2-7,9-10,18H,8H2,1H3,(H,15,16). The molecule has 0 radical (unpaired) electrons. The second-order valence-electron chi connectivity index (χ2n) is 4.21. The van der Waals surface area contributed by atoms with Crippen LogP contribution >= 0.6 is 12.6 Å². The zero-order chi connectivity index (χ0) is 13.0. The third-order valence-corrected chi connectivity index (χ3v) is 2.85. The highest BCUT2D eigenvalue weighted by atomic mass is 32.1. The van der Waals surface area contributed by atoms with Gasteiger partial charge in [0.2, 0.25) is 0 Å². The van der Waals surface area contributed by atoms with Crippen LogP contribution in [0, 0.1) is 0 Å². The number of hydrogen-bond acceptors (Lipinski definition) is 3. The van der Waals surface area contributed by atoms with Gasteiger partial charge < -0.3 is 9.73 Å². The second-order valence-corrected chi connectivity index (χ2v) is 4.72. The number of rotatable bonds is 4. The fourth-order valence-electron chi connectivity index (χ4n) is 1.74. The molecule has 1 aromatic heterocycles. The normalized spacial score (nSPS) is 12.1. The van der Waals surface area contributed by atoms with Crippen molar-refractivity contribution in [2.24, 2.45) is 0 Å². The van der Waals surface area contributed by atoms with Crippen molar-refractivity contribution < 1.29 is 9.21 Å². The summed E-state index contributed by atoms with van der Waals surface area (Å²) >= 11 is 4.22. The lowest BCUT2D eigenvalue weighted by molar-refractivity contribution is 0.0939. The number of carbonyl (C=O) groups is 1. The molecule has 2 aromatic rings. The van der Waals surface area contributed by atoms with Crippen molar-refractivity contribution in [3.63, 3.8) is 0 Å². The maximum Gasteiger partial charge on any atom is 0.251 e. The van der Waals surface area contributed by atoms with Crippen molar-refractivity contribution in [3.8, 4) is 0 Å². The molecule has 0 aliphatic heterocycles. The first-order valence-electron chi connectivity index (χ1n) is 5.77. The molecule has 1 N–H and O–H groups in total. The Morgan fingerprint density at radius 1 is 1.39 bits per heavy atom. The number of carbonyl (C=O) groups excluding carboxylic acids is 1. The van der Waals surface area contributed by atoms with Gasteiger partial charge in [0.25, 0.3) is 5.91 Å². The molecule has 0 saturated carbocycles. The first-order chi connectivity index (χ1) is 8.65. The van der Waals surface area contributed by atoms with Crippen molar-refractivity contribution in [3.05, 3.63) is 54.0 Å². The van der Waals surface area contributed by atoms with Crippen LogP contribution in [-0.4, -0.2) is 11.9 Å². The number of nitrogens with one attached hydrogen (secondary N) is 1. The molecule has 0 fully saturated rings. The quantitative estimate of drug-likeness (QED) is 0.831. The summed E-state index contributed by atoms with van der Waals surface area (Å²) in [4.78, 5) is 12.7. The Kier molecular flexibility index (Phi) is 4.10. The number of hydrogen-bond donors (Lipinski definition) is 2. The Hall–Kier alpha value is -1.68. The zero-order valence-corrected chi connectivity index (χ0v) is 11.0. The smallest absolute Gasteiger partial charge is 0.251 e. The summed E-state index contributed by atoms with van der Waals surface area (Å²) in [6, 6.07) is 10.9. The van der Waals surface area contributed by atoms with Gasteiger partial charge >= 0.3 is 0 Å². The summed E-state index contributed by atoms with van der Waals surface area (Å²) in [7, 11) is 0. The van der Waals surface area contributed by atoms with Gasteiger partial charge in [-0.3, -0.25) is 4.79 Å². The van der Waals surface area contributed by atoms with Crippen molar-refractivity contribution in [1.29, 1.82) is 0 Å². The van der Waals surface area contributed by atoms with E-state index in [2.05, 4.69) is 17.9 Å². The third kappa shape index (κ3) is 3.40. The van der Waals surface area contributed by atoms with Crippen LogP contribution in [-0.2, 0) is 6.42 Å². The predicted octanol–water partition coefficient (Wildman–Crippen LogP) is 2.93. The van der Waals surface area contributed by atoms with E-state index in [0.717, 1.165) is 10.7 Å². The molecule has 1 aromatic carbocycles. The van der Waals surface area contributed by atoms with E-state index in [1.807, 2.05) is 31.2 Å². The van der Waals surface area contributed by atoms with Crippen LogP contribution in [0.4, 0.5) is 0 Å². The molecule has 0 spiro atoms. The van der Waals surface area contributed by atoms with Crippen LogP contribution < -0.4 is 5.32 Å². The van der Waals surface area contributed by atoms with Gasteiger partial charge in [0.1, 0.15) is 5.76 Å². The van der Waals surface area contributed by atoms with Crippen molar-refractivity contribution in [1.82, 2.24) is 5.32 Å². The van der Waals surface area contributed by atoms with Gasteiger partial charge in [-0.25, -0.2) is 0 Å². The molecule has 1 atom stereocenters. The van der Waals surface area contributed by atoms with Gasteiger partial charge in [0, 0.05) is 22.9 Å². The maximum absolute atomic E-state index is 12.0. The molecule has 0 bridgehead atoms. The topological polar surface area (TPSA) is 42.2 Å². The number of benzene rings is 1. The molecule has 18 heavy (non-hydrogen) atoms. The average Bonchev–Trinajstić information content (AvgIpc) is 2.81. The summed E-state index contributed by atoms with van der Waals surface area (Å²) < 4.78 is 5.25. The van der Waals surface area contributed by atoms with E-state index >= 15 is 0 Å². The summed E-state index contributed by atoms with van der Waals surface area (Å²) in [6.45, 7) is 1.95. The van der Waals surface area contributed by atoms with Gasteiger partial charge in [-0.05, 0) is 37.3 Å². The van der Waals surface area contributed by atoms with E-state index in [1.165, 1.54) is 0 Å². The zero-order valence-electron chi connectivity index (χ0n) is 10.1. The van der Waals surface area contributed by atoms with E-state index in [9.17, 15) is 4.79 Å². The Labute approximate surface area is 112 Å². The molecular formula is C14H15NO2S. The monoisotopic (exact) mass is 261 g/mol. The van der Waals surface area contributed by atoms with Crippen LogP contribution in [0.2, 0.25) is 0 Å². The average molecular weight is 261 g/mol. The molecule has 0 aliphatic rings. The maximum atomic E-state index is 12.0. The number of furan rings is 1. The second kappa shape index (κ2) is 5.78. The summed E-state index contributed by atoms with van der Waals surface area (Å²) in [6.07, 6.45) is 2.31. The predicted molar refractivity (Wildman–Crippen MR) is 73.0 cm³/mol. The van der Waals surface area contributed by atoms with Crippen LogP contribution in [0.5, 0.6) is 0 Å².